The van der Waals surface area contributed by atoms with Crippen LogP contribution in [0.15, 0.2) is 55.4 Å². The van der Waals surface area contributed by atoms with E-state index in [1.807, 2.05) is 20.8 Å². The van der Waals surface area contributed by atoms with Gasteiger partial charge in [0.15, 0.2) is 0 Å². The fourth-order valence-electron chi connectivity index (χ4n) is 3.60. The third-order valence-corrected chi connectivity index (χ3v) is 5.77. The Morgan fingerprint density at radius 1 is 1.22 bits per heavy atom. The number of fused-ring (bicyclic) bond motifs is 1. The molecule has 0 saturated carbocycles. The number of H-pyrrole nitrogens is 1. The first kappa shape index (κ1) is 31.3. The Bertz CT molecular complexity index is 1120. The molecule has 2 aromatic rings. The summed E-state index contributed by atoms with van der Waals surface area (Å²) in [7, 11) is 5.61. The second kappa shape index (κ2) is 15.4. The molecule has 0 spiro atoms. The lowest BCUT2D eigenvalue weighted by Crippen LogP contribution is -2.57. The smallest absolute Gasteiger partial charge is 0.295 e. The lowest BCUT2D eigenvalue weighted by molar-refractivity contribution is -0.137. The zero-order valence-electron chi connectivity index (χ0n) is 23.2. The SMILES string of the molecule is C=C/C=C(\C=C)C(=O)N1CCN(C(=O)C(=O)c2c[nH]c3nccc(OC)c23)[C@H](C)C1.CC.CCN(C)C. The van der Waals surface area contributed by atoms with Crippen LogP contribution in [0.3, 0.4) is 0 Å². The second-order valence-corrected chi connectivity index (χ2v) is 8.32. The van der Waals surface area contributed by atoms with Crippen molar-refractivity contribution in [1.29, 1.82) is 0 Å². The van der Waals surface area contributed by atoms with Crippen molar-refractivity contribution >= 4 is 28.6 Å². The number of methoxy groups -OCH3 is 1. The van der Waals surface area contributed by atoms with Gasteiger partial charge >= 0.3 is 0 Å². The standard InChI is InChI=1S/C22H24N4O4.C4H11N.C2H6/c1-5-7-15(6-2)21(28)25-10-11-26(14(3)13-25)22(29)19(27)16-12-24-20-18(16)17(30-4)8-9-23-20;1-4-5(2)3;1-2/h5-9,12,14H,1-2,10-11,13H2,3-4H3,(H,23,24);4H2,1-3H3;1-2H3/b15-7+;;/t14-;;/m1../s1. The minimum Gasteiger partial charge on any atom is -0.496 e. The van der Waals surface area contributed by atoms with Crippen LogP contribution in [0.2, 0.25) is 0 Å². The van der Waals surface area contributed by atoms with Gasteiger partial charge in [0.25, 0.3) is 17.6 Å². The maximum Gasteiger partial charge on any atom is 0.295 e. The van der Waals surface area contributed by atoms with E-state index in [9.17, 15) is 14.4 Å². The third-order valence-electron chi connectivity index (χ3n) is 5.77. The number of pyridine rings is 1. The van der Waals surface area contributed by atoms with Crippen LogP contribution in [0.1, 0.15) is 38.1 Å². The molecule has 1 aliphatic heterocycles. The van der Waals surface area contributed by atoms with Crippen LogP contribution < -0.4 is 4.74 Å². The van der Waals surface area contributed by atoms with Gasteiger partial charge in [-0.25, -0.2) is 4.98 Å². The Hall–Kier alpha value is -3.72. The fourth-order valence-corrected chi connectivity index (χ4v) is 3.60. The van der Waals surface area contributed by atoms with E-state index in [1.54, 1.807) is 23.2 Å². The molecule has 1 aliphatic rings. The van der Waals surface area contributed by atoms with E-state index >= 15 is 0 Å². The van der Waals surface area contributed by atoms with Gasteiger partial charge in [0.05, 0.1) is 18.1 Å². The van der Waals surface area contributed by atoms with Crippen LogP contribution in [-0.4, -0.2) is 95.7 Å². The predicted molar refractivity (Wildman–Crippen MR) is 149 cm³/mol. The molecule has 9 nitrogen and oxygen atoms in total. The van der Waals surface area contributed by atoms with Gasteiger partial charge in [0, 0.05) is 43.6 Å². The van der Waals surface area contributed by atoms with E-state index in [1.165, 1.54) is 30.4 Å². The van der Waals surface area contributed by atoms with E-state index in [0.717, 1.165) is 6.54 Å². The number of carbonyl (C=O) groups is 3. The molecule has 9 heteroatoms. The van der Waals surface area contributed by atoms with Gasteiger partial charge in [-0.3, -0.25) is 14.4 Å². The topological polar surface area (TPSA) is 98.8 Å². The minimum atomic E-state index is -0.641. The van der Waals surface area contributed by atoms with Gasteiger partial charge in [-0.15, -0.1) is 0 Å². The number of aromatic nitrogens is 2. The zero-order valence-corrected chi connectivity index (χ0v) is 23.2. The van der Waals surface area contributed by atoms with Crippen LogP contribution in [-0.2, 0) is 9.59 Å². The van der Waals surface area contributed by atoms with Crippen molar-refractivity contribution in [2.75, 3.05) is 47.4 Å². The highest BCUT2D eigenvalue weighted by Gasteiger charge is 2.34. The summed E-state index contributed by atoms with van der Waals surface area (Å²) in [4.78, 5) is 50.9. The summed E-state index contributed by atoms with van der Waals surface area (Å²) >= 11 is 0. The monoisotopic (exact) mass is 511 g/mol. The lowest BCUT2D eigenvalue weighted by atomic mass is 10.1. The van der Waals surface area contributed by atoms with E-state index in [0.29, 0.717) is 35.4 Å². The van der Waals surface area contributed by atoms with E-state index < -0.39 is 11.7 Å². The summed E-state index contributed by atoms with van der Waals surface area (Å²) in [6, 6.07) is 1.32. The fraction of sp³-hybridized carbons (Fsp3) is 0.429. The number of carbonyl (C=O) groups excluding carboxylic acids is 3. The number of nitrogens with one attached hydrogen (secondary N) is 1. The number of rotatable bonds is 7. The molecule has 202 valence electrons. The number of Topliss-reactive ketones (excluding diaryl/α,β-unsaturated/α-hetero) is 1. The molecule has 0 aliphatic carbocycles. The van der Waals surface area contributed by atoms with Gasteiger partial charge in [-0.1, -0.05) is 52.2 Å². The molecule has 2 aromatic heterocycles. The Morgan fingerprint density at radius 3 is 2.38 bits per heavy atom. The largest absolute Gasteiger partial charge is 0.496 e. The molecule has 0 radical (unpaired) electrons. The van der Waals surface area contributed by atoms with Crippen molar-refractivity contribution in [3.63, 3.8) is 0 Å². The number of hydrogen-bond acceptors (Lipinski definition) is 6. The van der Waals surface area contributed by atoms with Crippen molar-refractivity contribution in [1.82, 2.24) is 24.7 Å². The Balaban J connectivity index is 0.000000874. The number of allylic oxidation sites excluding steroid dienone is 2. The van der Waals surface area contributed by atoms with Crippen LogP contribution in [0.4, 0.5) is 0 Å². The van der Waals surface area contributed by atoms with Crippen molar-refractivity contribution < 1.29 is 19.1 Å². The minimum absolute atomic E-state index is 0.178. The Labute approximate surface area is 220 Å². The molecule has 3 rings (SSSR count). The molecule has 2 amide bonds. The van der Waals surface area contributed by atoms with E-state index in [2.05, 4.69) is 49.0 Å². The molecular weight excluding hydrogens is 470 g/mol. The highest BCUT2D eigenvalue weighted by molar-refractivity contribution is 6.45. The summed E-state index contributed by atoms with van der Waals surface area (Å²) in [5.41, 5.74) is 1.12. The first-order valence-electron chi connectivity index (χ1n) is 12.4. The second-order valence-electron chi connectivity index (χ2n) is 8.32. The third kappa shape index (κ3) is 7.88. The van der Waals surface area contributed by atoms with Crippen LogP contribution >= 0.6 is 0 Å². The predicted octanol–water partition coefficient (Wildman–Crippen LogP) is 3.71. The van der Waals surface area contributed by atoms with Crippen molar-refractivity contribution in [3.05, 3.63) is 61.0 Å². The molecule has 1 saturated heterocycles. The quantitative estimate of drug-likeness (QED) is 0.263. The summed E-state index contributed by atoms with van der Waals surface area (Å²) in [6.07, 6.45) is 7.64. The lowest BCUT2D eigenvalue weighted by Gasteiger charge is -2.39. The number of aromatic amines is 1. The van der Waals surface area contributed by atoms with Gasteiger partial charge in [0.2, 0.25) is 0 Å². The molecular formula is C28H41N5O4. The normalized spacial score (nSPS) is 15.2. The molecule has 0 aromatic carbocycles. The Kier molecular flexibility index (Phi) is 13.0. The van der Waals surface area contributed by atoms with Gasteiger partial charge < -0.3 is 24.4 Å². The summed E-state index contributed by atoms with van der Waals surface area (Å²) in [5, 5.41) is 0.477. The average molecular weight is 512 g/mol. The van der Waals surface area contributed by atoms with Crippen molar-refractivity contribution in [2.45, 2.75) is 33.7 Å². The van der Waals surface area contributed by atoms with Crippen molar-refractivity contribution in [2.24, 2.45) is 0 Å². The van der Waals surface area contributed by atoms with Crippen molar-refractivity contribution in [3.8, 4) is 5.75 Å². The number of nitrogens with zero attached hydrogens (tertiary/aromatic N) is 4. The van der Waals surface area contributed by atoms with Crippen LogP contribution in [0.5, 0.6) is 5.75 Å². The van der Waals surface area contributed by atoms with Crippen LogP contribution in [0, 0.1) is 0 Å². The van der Waals surface area contributed by atoms with E-state index in [-0.39, 0.29) is 24.1 Å². The number of piperazine rings is 1. The Morgan fingerprint density at radius 2 is 1.86 bits per heavy atom. The summed E-state index contributed by atoms with van der Waals surface area (Å²) in [6.45, 7) is 17.2. The first-order chi connectivity index (χ1) is 17.7. The first-order valence-corrected chi connectivity index (χ1v) is 12.4. The van der Waals surface area contributed by atoms with Gasteiger partial charge in [-0.05, 0) is 33.6 Å². The number of amides is 2. The van der Waals surface area contributed by atoms with E-state index in [4.69, 9.17) is 4.74 Å². The zero-order chi connectivity index (χ0) is 28.1. The molecule has 37 heavy (non-hydrogen) atoms. The summed E-state index contributed by atoms with van der Waals surface area (Å²) < 4.78 is 5.31. The van der Waals surface area contributed by atoms with Gasteiger partial charge in [0.1, 0.15) is 11.4 Å². The maximum atomic E-state index is 13.0. The molecule has 1 atom stereocenters. The molecule has 0 unspecified atom stereocenters. The summed E-state index contributed by atoms with van der Waals surface area (Å²) in [5.74, 6) is -0.973. The molecule has 1 N–H and O–H groups in total. The van der Waals surface area contributed by atoms with Gasteiger partial charge in [-0.2, -0.15) is 0 Å². The highest BCUT2D eigenvalue weighted by Crippen LogP contribution is 2.28. The maximum absolute atomic E-state index is 13.0. The number of ketones is 1. The number of ether oxygens (including phenoxy) is 1. The highest BCUT2D eigenvalue weighted by atomic mass is 16.5. The number of hydrogen-bond donors (Lipinski definition) is 1. The molecule has 1 fully saturated rings. The van der Waals surface area contributed by atoms with Crippen LogP contribution in [0.25, 0.3) is 11.0 Å². The molecule has 0 bridgehead atoms. The average Bonchev–Trinajstić information content (AvgIpc) is 3.36. The molecule has 3 heterocycles.